The molecular formula is C12H12ClFO2. The van der Waals surface area contributed by atoms with Crippen LogP contribution in [0.1, 0.15) is 23.2 Å². The molecule has 1 atom stereocenters. The summed E-state index contributed by atoms with van der Waals surface area (Å²) in [6.45, 7) is 1.29. The highest BCUT2D eigenvalue weighted by Crippen LogP contribution is 2.21. The monoisotopic (exact) mass is 242 g/mol. The van der Waals surface area contributed by atoms with Gasteiger partial charge in [0.15, 0.2) is 5.78 Å². The second kappa shape index (κ2) is 4.93. The van der Waals surface area contributed by atoms with Crippen LogP contribution < -0.4 is 0 Å². The molecule has 1 saturated heterocycles. The Balaban J connectivity index is 2.08. The second-order valence-corrected chi connectivity index (χ2v) is 4.42. The van der Waals surface area contributed by atoms with Crippen LogP contribution in [0.3, 0.4) is 0 Å². The highest BCUT2D eigenvalue weighted by Gasteiger charge is 2.21. The number of carbonyl (C=O) groups is 1. The maximum atomic E-state index is 13.4. The van der Waals surface area contributed by atoms with Crippen molar-refractivity contribution in [1.29, 1.82) is 0 Å². The Bertz CT molecular complexity index is 400. The van der Waals surface area contributed by atoms with Gasteiger partial charge >= 0.3 is 0 Å². The predicted molar refractivity (Wildman–Crippen MR) is 59.3 cm³/mol. The van der Waals surface area contributed by atoms with Gasteiger partial charge in [-0.25, -0.2) is 4.39 Å². The van der Waals surface area contributed by atoms with Crippen molar-refractivity contribution in [2.24, 2.45) is 5.92 Å². The summed E-state index contributed by atoms with van der Waals surface area (Å²) in [7, 11) is 0. The van der Waals surface area contributed by atoms with Gasteiger partial charge in [0.05, 0.1) is 5.56 Å². The zero-order valence-corrected chi connectivity index (χ0v) is 9.47. The van der Waals surface area contributed by atoms with Crippen LogP contribution in [-0.2, 0) is 4.74 Å². The van der Waals surface area contributed by atoms with Gasteiger partial charge in [0.2, 0.25) is 0 Å². The van der Waals surface area contributed by atoms with E-state index in [9.17, 15) is 9.18 Å². The molecule has 1 fully saturated rings. The molecule has 1 aliphatic heterocycles. The number of Topliss-reactive ketones (excluding diaryl/α,β-unsaturated/α-hetero) is 1. The highest BCUT2D eigenvalue weighted by atomic mass is 35.5. The van der Waals surface area contributed by atoms with Crippen LogP contribution in [0.25, 0.3) is 0 Å². The minimum Gasteiger partial charge on any atom is -0.381 e. The molecule has 0 bridgehead atoms. The Labute approximate surface area is 98.4 Å². The standard InChI is InChI=1S/C12H12ClFO2/c13-9-1-2-10(11(14)6-9)12(15)5-8-3-4-16-7-8/h1-2,6,8H,3-5,7H2. The third kappa shape index (κ3) is 2.60. The van der Waals surface area contributed by atoms with E-state index in [1.165, 1.54) is 18.2 Å². The molecule has 86 valence electrons. The van der Waals surface area contributed by atoms with E-state index in [0.29, 0.717) is 24.7 Å². The lowest BCUT2D eigenvalue weighted by molar-refractivity contribution is 0.0949. The molecule has 1 unspecified atom stereocenters. The van der Waals surface area contributed by atoms with Gasteiger partial charge in [0, 0.05) is 24.7 Å². The molecule has 0 amide bonds. The van der Waals surface area contributed by atoms with Crippen molar-refractivity contribution in [2.75, 3.05) is 13.2 Å². The normalized spacial score (nSPS) is 20.0. The van der Waals surface area contributed by atoms with Crippen LogP contribution >= 0.6 is 11.6 Å². The lowest BCUT2D eigenvalue weighted by Crippen LogP contribution is -2.10. The van der Waals surface area contributed by atoms with Gasteiger partial charge in [-0.2, -0.15) is 0 Å². The van der Waals surface area contributed by atoms with Crippen molar-refractivity contribution in [3.63, 3.8) is 0 Å². The zero-order chi connectivity index (χ0) is 11.5. The SMILES string of the molecule is O=C(CC1CCOC1)c1ccc(Cl)cc1F. The Hall–Kier alpha value is -0.930. The first-order valence-corrected chi connectivity index (χ1v) is 5.60. The Kier molecular flexibility index (Phi) is 3.56. The molecule has 0 N–H and O–H groups in total. The molecule has 1 heterocycles. The quantitative estimate of drug-likeness (QED) is 0.762. The first kappa shape index (κ1) is 11.6. The number of carbonyl (C=O) groups excluding carboxylic acids is 1. The van der Waals surface area contributed by atoms with Crippen LogP contribution in [0, 0.1) is 11.7 Å². The summed E-state index contributed by atoms with van der Waals surface area (Å²) in [5.41, 5.74) is 0.122. The topological polar surface area (TPSA) is 26.3 Å². The molecular weight excluding hydrogens is 231 g/mol. The van der Waals surface area contributed by atoms with Crippen LogP contribution in [0.2, 0.25) is 5.02 Å². The van der Waals surface area contributed by atoms with Gasteiger partial charge in [0.25, 0.3) is 0 Å². The molecule has 0 aromatic heterocycles. The average Bonchev–Trinajstić information content (AvgIpc) is 2.70. The summed E-state index contributed by atoms with van der Waals surface area (Å²) in [6.07, 6.45) is 1.22. The number of halogens is 2. The summed E-state index contributed by atoms with van der Waals surface area (Å²) in [4.78, 5) is 11.8. The number of hydrogen-bond acceptors (Lipinski definition) is 2. The fourth-order valence-electron chi connectivity index (χ4n) is 1.83. The Morgan fingerprint density at radius 2 is 2.38 bits per heavy atom. The summed E-state index contributed by atoms with van der Waals surface area (Å²) in [6, 6.07) is 4.14. The van der Waals surface area contributed by atoms with Crippen molar-refractivity contribution in [3.8, 4) is 0 Å². The van der Waals surface area contributed by atoms with Crippen molar-refractivity contribution >= 4 is 17.4 Å². The maximum absolute atomic E-state index is 13.4. The maximum Gasteiger partial charge on any atom is 0.166 e. The number of benzene rings is 1. The van der Waals surface area contributed by atoms with Crippen molar-refractivity contribution in [2.45, 2.75) is 12.8 Å². The number of hydrogen-bond donors (Lipinski definition) is 0. The van der Waals surface area contributed by atoms with Gasteiger partial charge in [-0.1, -0.05) is 11.6 Å². The molecule has 16 heavy (non-hydrogen) atoms. The summed E-state index contributed by atoms with van der Waals surface area (Å²) < 4.78 is 18.6. The third-order valence-corrected chi connectivity index (χ3v) is 2.96. The second-order valence-electron chi connectivity index (χ2n) is 3.98. The smallest absolute Gasteiger partial charge is 0.166 e. The van der Waals surface area contributed by atoms with Crippen LogP contribution in [0.5, 0.6) is 0 Å². The van der Waals surface area contributed by atoms with Crippen LogP contribution in [0.15, 0.2) is 18.2 Å². The molecule has 4 heteroatoms. The Morgan fingerprint density at radius 1 is 1.56 bits per heavy atom. The third-order valence-electron chi connectivity index (χ3n) is 2.73. The molecule has 1 aliphatic rings. The molecule has 1 aromatic rings. The van der Waals surface area contributed by atoms with E-state index >= 15 is 0 Å². The molecule has 0 aliphatic carbocycles. The van der Waals surface area contributed by atoms with Crippen molar-refractivity contribution in [3.05, 3.63) is 34.6 Å². The molecule has 2 nitrogen and oxygen atoms in total. The van der Waals surface area contributed by atoms with Gasteiger partial charge in [0.1, 0.15) is 5.82 Å². The van der Waals surface area contributed by atoms with E-state index in [2.05, 4.69) is 0 Å². The van der Waals surface area contributed by atoms with E-state index in [1.54, 1.807) is 0 Å². The Morgan fingerprint density at radius 3 is 3.00 bits per heavy atom. The van der Waals surface area contributed by atoms with Gasteiger partial charge in [-0.15, -0.1) is 0 Å². The number of rotatable bonds is 3. The van der Waals surface area contributed by atoms with E-state index in [4.69, 9.17) is 16.3 Å². The summed E-state index contributed by atoms with van der Waals surface area (Å²) in [5, 5.41) is 0.304. The molecule has 0 saturated carbocycles. The highest BCUT2D eigenvalue weighted by molar-refractivity contribution is 6.30. The fourth-order valence-corrected chi connectivity index (χ4v) is 1.99. The largest absolute Gasteiger partial charge is 0.381 e. The lowest BCUT2D eigenvalue weighted by Gasteiger charge is -2.07. The first-order valence-electron chi connectivity index (χ1n) is 5.23. The average molecular weight is 243 g/mol. The summed E-state index contributed by atoms with van der Waals surface area (Å²) in [5.74, 6) is -0.497. The molecule has 0 radical (unpaired) electrons. The van der Waals surface area contributed by atoms with Crippen LogP contribution in [0.4, 0.5) is 4.39 Å². The van der Waals surface area contributed by atoms with Gasteiger partial charge < -0.3 is 4.74 Å². The van der Waals surface area contributed by atoms with Crippen molar-refractivity contribution < 1.29 is 13.9 Å². The summed E-state index contributed by atoms with van der Waals surface area (Å²) >= 11 is 5.62. The van der Waals surface area contributed by atoms with E-state index < -0.39 is 5.82 Å². The lowest BCUT2D eigenvalue weighted by atomic mass is 9.97. The molecule has 0 spiro atoms. The van der Waals surface area contributed by atoms with Crippen LogP contribution in [-0.4, -0.2) is 19.0 Å². The van der Waals surface area contributed by atoms with Gasteiger partial charge in [-0.3, -0.25) is 4.79 Å². The molecule has 1 aromatic carbocycles. The minimum atomic E-state index is -0.545. The number of ketones is 1. The van der Waals surface area contributed by atoms with E-state index in [-0.39, 0.29) is 17.3 Å². The molecule has 2 rings (SSSR count). The van der Waals surface area contributed by atoms with E-state index in [0.717, 1.165) is 6.42 Å². The minimum absolute atomic E-state index is 0.122. The van der Waals surface area contributed by atoms with Gasteiger partial charge in [-0.05, 0) is 30.5 Å². The first-order chi connectivity index (χ1) is 7.66. The predicted octanol–water partition coefficient (Wildman–Crippen LogP) is 3.09. The number of ether oxygens (including phenoxy) is 1. The van der Waals surface area contributed by atoms with E-state index in [1.807, 2.05) is 0 Å². The van der Waals surface area contributed by atoms with Crippen molar-refractivity contribution in [1.82, 2.24) is 0 Å². The fraction of sp³-hybridized carbons (Fsp3) is 0.417. The zero-order valence-electron chi connectivity index (χ0n) is 8.71.